The minimum Gasteiger partial charge on any atom is -0.492 e. The SMILES string of the molecule is CCOc1cc(C)ccc1NCc1cncnc1. The summed E-state index contributed by atoms with van der Waals surface area (Å²) < 4.78 is 5.61. The molecule has 1 aromatic heterocycles. The molecule has 0 unspecified atom stereocenters. The van der Waals surface area contributed by atoms with E-state index in [2.05, 4.69) is 28.3 Å². The number of ether oxygens (including phenoxy) is 1. The topological polar surface area (TPSA) is 47.0 Å². The van der Waals surface area contributed by atoms with Crippen molar-refractivity contribution in [1.29, 1.82) is 0 Å². The van der Waals surface area contributed by atoms with E-state index >= 15 is 0 Å². The first-order chi connectivity index (χ1) is 8.79. The highest BCUT2D eigenvalue weighted by atomic mass is 16.5. The fourth-order valence-electron chi connectivity index (χ4n) is 1.67. The summed E-state index contributed by atoms with van der Waals surface area (Å²) in [5.41, 5.74) is 3.22. The van der Waals surface area contributed by atoms with E-state index in [1.165, 1.54) is 11.9 Å². The number of hydrogen-bond donors (Lipinski definition) is 1. The van der Waals surface area contributed by atoms with Crippen LogP contribution in [0.2, 0.25) is 0 Å². The first kappa shape index (κ1) is 12.4. The van der Waals surface area contributed by atoms with E-state index in [0.29, 0.717) is 13.2 Å². The van der Waals surface area contributed by atoms with Crippen LogP contribution >= 0.6 is 0 Å². The first-order valence-electron chi connectivity index (χ1n) is 6.01. The van der Waals surface area contributed by atoms with Gasteiger partial charge in [0.15, 0.2) is 0 Å². The molecule has 2 aromatic rings. The quantitative estimate of drug-likeness (QED) is 0.877. The van der Waals surface area contributed by atoms with E-state index in [1.54, 1.807) is 12.4 Å². The molecule has 0 amide bonds. The molecule has 0 atom stereocenters. The minimum atomic E-state index is 0.659. The van der Waals surface area contributed by atoms with E-state index in [4.69, 9.17) is 4.74 Å². The predicted molar refractivity (Wildman–Crippen MR) is 71.7 cm³/mol. The van der Waals surface area contributed by atoms with Gasteiger partial charge in [0.05, 0.1) is 12.3 Å². The maximum absolute atomic E-state index is 5.61. The molecule has 4 nitrogen and oxygen atoms in total. The molecule has 0 aliphatic rings. The Hall–Kier alpha value is -2.10. The molecule has 0 saturated heterocycles. The van der Waals surface area contributed by atoms with E-state index in [1.807, 2.05) is 19.1 Å². The molecule has 1 heterocycles. The summed E-state index contributed by atoms with van der Waals surface area (Å²) in [6.45, 7) is 5.38. The average Bonchev–Trinajstić information content (AvgIpc) is 2.39. The maximum Gasteiger partial charge on any atom is 0.142 e. The second-order valence-electron chi connectivity index (χ2n) is 4.03. The van der Waals surface area contributed by atoms with Gasteiger partial charge in [-0.05, 0) is 31.5 Å². The average molecular weight is 243 g/mol. The largest absolute Gasteiger partial charge is 0.492 e. The summed E-state index contributed by atoms with van der Waals surface area (Å²) in [4.78, 5) is 7.97. The second kappa shape index (κ2) is 6.00. The maximum atomic E-state index is 5.61. The standard InChI is InChI=1S/C14H17N3O/c1-3-18-14-6-11(2)4-5-13(14)17-9-12-7-15-10-16-8-12/h4-8,10,17H,3,9H2,1-2H3. The Balaban J connectivity index is 2.09. The molecule has 94 valence electrons. The molecule has 2 rings (SSSR count). The Morgan fingerprint density at radius 1 is 1.22 bits per heavy atom. The zero-order valence-electron chi connectivity index (χ0n) is 10.7. The lowest BCUT2D eigenvalue weighted by molar-refractivity contribution is 0.341. The monoisotopic (exact) mass is 243 g/mol. The van der Waals surface area contributed by atoms with Gasteiger partial charge in [-0.2, -0.15) is 0 Å². The van der Waals surface area contributed by atoms with Gasteiger partial charge in [0.25, 0.3) is 0 Å². The summed E-state index contributed by atoms with van der Waals surface area (Å²) in [5.74, 6) is 0.884. The van der Waals surface area contributed by atoms with Crippen molar-refractivity contribution in [2.24, 2.45) is 0 Å². The number of nitrogens with one attached hydrogen (secondary N) is 1. The van der Waals surface area contributed by atoms with Crippen molar-refractivity contribution in [1.82, 2.24) is 9.97 Å². The third kappa shape index (κ3) is 3.20. The smallest absolute Gasteiger partial charge is 0.142 e. The van der Waals surface area contributed by atoms with Crippen LogP contribution in [0.1, 0.15) is 18.1 Å². The van der Waals surface area contributed by atoms with Crippen molar-refractivity contribution in [2.75, 3.05) is 11.9 Å². The highest BCUT2D eigenvalue weighted by Crippen LogP contribution is 2.26. The van der Waals surface area contributed by atoms with Crippen LogP contribution in [0.3, 0.4) is 0 Å². The summed E-state index contributed by atoms with van der Waals surface area (Å²) in [7, 11) is 0. The number of hydrogen-bond acceptors (Lipinski definition) is 4. The molecule has 0 radical (unpaired) electrons. The van der Waals surface area contributed by atoms with Gasteiger partial charge < -0.3 is 10.1 Å². The molecule has 0 saturated carbocycles. The van der Waals surface area contributed by atoms with Gasteiger partial charge in [-0.1, -0.05) is 6.07 Å². The number of anilines is 1. The Morgan fingerprint density at radius 3 is 2.72 bits per heavy atom. The number of aryl methyl sites for hydroxylation is 1. The van der Waals surface area contributed by atoms with Crippen LogP contribution in [0.4, 0.5) is 5.69 Å². The van der Waals surface area contributed by atoms with Crippen molar-refractivity contribution in [3.63, 3.8) is 0 Å². The van der Waals surface area contributed by atoms with Crippen molar-refractivity contribution in [3.05, 3.63) is 48.0 Å². The molecule has 4 heteroatoms. The van der Waals surface area contributed by atoms with Gasteiger partial charge in [-0.15, -0.1) is 0 Å². The fraction of sp³-hybridized carbons (Fsp3) is 0.286. The van der Waals surface area contributed by atoms with Crippen molar-refractivity contribution >= 4 is 5.69 Å². The lowest BCUT2D eigenvalue weighted by Crippen LogP contribution is -2.03. The third-order valence-electron chi connectivity index (χ3n) is 2.53. The molecule has 18 heavy (non-hydrogen) atoms. The Bertz CT molecular complexity index is 500. The van der Waals surface area contributed by atoms with Crippen LogP contribution in [0.15, 0.2) is 36.9 Å². The van der Waals surface area contributed by atoms with Crippen molar-refractivity contribution in [3.8, 4) is 5.75 Å². The van der Waals surface area contributed by atoms with Crippen LogP contribution in [-0.4, -0.2) is 16.6 Å². The van der Waals surface area contributed by atoms with E-state index in [0.717, 1.165) is 17.0 Å². The van der Waals surface area contributed by atoms with E-state index in [9.17, 15) is 0 Å². The number of benzene rings is 1. The van der Waals surface area contributed by atoms with Gasteiger partial charge in [-0.3, -0.25) is 0 Å². The number of nitrogens with zero attached hydrogens (tertiary/aromatic N) is 2. The molecule has 1 N–H and O–H groups in total. The Labute approximate surface area is 107 Å². The van der Waals surface area contributed by atoms with Crippen LogP contribution < -0.4 is 10.1 Å². The number of aromatic nitrogens is 2. The minimum absolute atomic E-state index is 0.659. The summed E-state index contributed by atoms with van der Waals surface area (Å²) >= 11 is 0. The van der Waals surface area contributed by atoms with Crippen LogP contribution in [0.5, 0.6) is 5.75 Å². The summed E-state index contributed by atoms with van der Waals surface area (Å²) in [5, 5.41) is 3.34. The van der Waals surface area contributed by atoms with E-state index < -0.39 is 0 Å². The van der Waals surface area contributed by atoms with E-state index in [-0.39, 0.29) is 0 Å². The van der Waals surface area contributed by atoms with Crippen LogP contribution in [0, 0.1) is 6.92 Å². The zero-order chi connectivity index (χ0) is 12.8. The van der Waals surface area contributed by atoms with Crippen LogP contribution in [0.25, 0.3) is 0 Å². The van der Waals surface area contributed by atoms with Gasteiger partial charge in [0, 0.05) is 24.5 Å². The molecule has 0 aliphatic heterocycles. The van der Waals surface area contributed by atoms with Crippen molar-refractivity contribution in [2.45, 2.75) is 20.4 Å². The molecule has 1 aromatic carbocycles. The van der Waals surface area contributed by atoms with Crippen LogP contribution in [-0.2, 0) is 6.54 Å². The summed E-state index contributed by atoms with van der Waals surface area (Å²) in [6.07, 6.45) is 5.13. The Kier molecular flexibility index (Phi) is 4.12. The lowest BCUT2D eigenvalue weighted by atomic mass is 10.2. The molecular weight excluding hydrogens is 226 g/mol. The Morgan fingerprint density at radius 2 is 2.00 bits per heavy atom. The molecular formula is C14H17N3O. The molecule has 0 spiro atoms. The molecule has 0 fully saturated rings. The molecule has 0 aliphatic carbocycles. The normalized spacial score (nSPS) is 10.1. The fourth-order valence-corrected chi connectivity index (χ4v) is 1.67. The third-order valence-corrected chi connectivity index (χ3v) is 2.53. The highest BCUT2D eigenvalue weighted by molar-refractivity contribution is 5.57. The zero-order valence-corrected chi connectivity index (χ0v) is 10.7. The van der Waals surface area contributed by atoms with Gasteiger partial charge >= 0.3 is 0 Å². The second-order valence-corrected chi connectivity index (χ2v) is 4.03. The van der Waals surface area contributed by atoms with Gasteiger partial charge in [-0.25, -0.2) is 9.97 Å². The van der Waals surface area contributed by atoms with Gasteiger partial charge in [0.1, 0.15) is 12.1 Å². The highest BCUT2D eigenvalue weighted by Gasteiger charge is 2.03. The first-order valence-corrected chi connectivity index (χ1v) is 6.01. The van der Waals surface area contributed by atoms with Crippen molar-refractivity contribution < 1.29 is 4.74 Å². The molecule has 0 bridgehead atoms. The van der Waals surface area contributed by atoms with Gasteiger partial charge in [0.2, 0.25) is 0 Å². The predicted octanol–water partition coefficient (Wildman–Crippen LogP) is 2.80. The number of rotatable bonds is 5. The lowest BCUT2D eigenvalue weighted by Gasteiger charge is -2.12. The summed E-state index contributed by atoms with van der Waals surface area (Å²) in [6, 6.07) is 6.13.